The van der Waals surface area contributed by atoms with Crippen molar-refractivity contribution >= 4 is 55.8 Å². The van der Waals surface area contributed by atoms with E-state index in [-0.39, 0.29) is 10.9 Å². The molecular formula is C16H20N4O5S3. The van der Waals surface area contributed by atoms with Crippen LogP contribution in [0.15, 0.2) is 22.5 Å². The van der Waals surface area contributed by atoms with Crippen LogP contribution in [0.1, 0.15) is 11.1 Å². The van der Waals surface area contributed by atoms with E-state index in [9.17, 15) is 18.0 Å². The van der Waals surface area contributed by atoms with E-state index in [1.807, 2.05) is 13.0 Å². The van der Waals surface area contributed by atoms with Crippen LogP contribution in [0, 0.1) is 13.8 Å². The molecule has 0 aliphatic rings. The highest BCUT2D eigenvalue weighted by molar-refractivity contribution is 8.01. The lowest BCUT2D eigenvalue weighted by atomic mass is 10.1. The van der Waals surface area contributed by atoms with Crippen molar-refractivity contribution in [3.05, 3.63) is 29.3 Å². The lowest BCUT2D eigenvalue weighted by molar-refractivity contribution is -0.137. The molecule has 1 N–H and O–H groups in total. The number of aryl methyl sites for hydroxylation is 2. The first kappa shape index (κ1) is 22.1. The number of carbonyl (C=O) groups excluding carboxylic acids is 2. The number of ether oxygens (including phenoxy) is 1. The second-order valence-corrected chi connectivity index (χ2v) is 9.95. The molecule has 0 aliphatic carbocycles. The predicted molar refractivity (Wildman–Crippen MR) is 109 cm³/mol. The zero-order valence-corrected chi connectivity index (χ0v) is 18.2. The second kappa shape index (κ2) is 9.34. The molecule has 0 saturated carbocycles. The van der Waals surface area contributed by atoms with Crippen LogP contribution in [0.5, 0.6) is 0 Å². The molecule has 12 heteroatoms. The quantitative estimate of drug-likeness (QED) is 0.372. The molecule has 0 aliphatic heterocycles. The number of carbonyl (C=O) groups is 2. The molecule has 0 radical (unpaired) electrons. The number of nitrogens with one attached hydrogen (secondary N) is 1. The van der Waals surface area contributed by atoms with Crippen LogP contribution in [0.2, 0.25) is 0 Å². The van der Waals surface area contributed by atoms with Crippen molar-refractivity contribution in [1.29, 1.82) is 0 Å². The zero-order valence-electron chi connectivity index (χ0n) is 15.8. The van der Waals surface area contributed by atoms with Gasteiger partial charge in [-0.25, -0.2) is 8.42 Å². The molecule has 9 nitrogen and oxygen atoms in total. The molecule has 0 fully saturated rings. The highest BCUT2D eigenvalue weighted by atomic mass is 32.2. The minimum Gasteiger partial charge on any atom is -0.468 e. The fraction of sp³-hybridized carbons (Fsp3) is 0.375. The Labute approximate surface area is 171 Å². The van der Waals surface area contributed by atoms with Gasteiger partial charge in [-0.1, -0.05) is 35.2 Å². The van der Waals surface area contributed by atoms with Crippen LogP contribution in [-0.4, -0.2) is 56.2 Å². The normalized spacial score (nSPS) is 11.1. The van der Waals surface area contributed by atoms with E-state index >= 15 is 0 Å². The molecule has 2 rings (SSSR count). The number of nitrogens with zero attached hydrogens (tertiary/aromatic N) is 3. The number of amides is 1. The fourth-order valence-corrected chi connectivity index (χ4v) is 4.66. The first-order valence-corrected chi connectivity index (χ1v) is 11.6. The van der Waals surface area contributed by atoms with Gasteiger partial charge in [-0.05, 0) is 31.0 Å². The van der Waals surface area contributed by atoms with Crippen LogP contribution < -0.4 is 9.62 Å². The van der Waals surface area contributed by atoms with Crippen molar-refractivity contribution in [2.45, 2.75) is 18.2 Å². The lowest BCUT2D eigenvalue weighted by Gasteiger charge is -2.23. The summed E-state index contributed by atoms with van der Waals surface area (Å²) < 4.78 is 30.6. The number of anilines is 2. The van der Waals surface area contributed by atoms with Gasteiger partial charge in [0.2, 0.25) is 21.1 Å². The number of thioether (sulfide) groups is 1. The highest BCUT2D eigenvalue weighted by Crippen LogP contribution is 2.26. The molecule has 152 valence electrons. The van der Waals surface area contributed by atoms with Crippen LogP contribution in [0.25, 0.3) is 0 Å². The van der Waals surface area contributed by atoms with Gasteiger partial charge in [0.15, 0.2) is 4.34 Å². The van der Waals surface area contributed by atoms with E-state index in [2.05, 4.69) is 20.3 Å². The summed E-state index contributed by atoms with van der Waals surface area (Å²) in [5.74, 6) is -0.872. The van der Waals surface area contributed by atoms with Gasteiger partial charge in [0.05, 0.1) is 24.8 Å². The Morgan fingerprint density at radius 2 is 2.00 bits per heavy atom. The molecule has 1 amide bonds. The molecule has 1 aromatic heterocycles. The maximum atomic E-state index is 12.4. The number of benzene rings is 1. The van der Waals surface area contributed by atoms with Gasteiger partial charge < -0.3 is 4.74 Å². The van der Waals surface area contributed by atoms with Crippen LogP contribution in [-0.2, 0) is 24.3 Å². The Hall–Kier alpha value is -2.18. The van der Waals surface area contributed by atoms with Crippen molar-refractivity contribution in [2.75, 3.05) is 35.3 Å². The summed E-state index contributed by atoms with van der Waals surface area (Å²) >= 11 is 2.22. The zero-order chi connectivity index (χ0) is 20.9. The van der Waals surface area contributed by atoms with Crippen molar-refractivity contribution in [1.82, 2.24) is 10.2 Å². The van der Waals surface area contributed by atoms with E-state index < -0.39 is 28.4 Å². The van der Waals surface area contributed by atoms with Crippen LogP contribution in [0.4, 0.5) is 10.8 Å². The molecule has 0 spiro atoms. The fourth-order valence-electron chi connectivity index (χ4n) is 2.16. The third-order valence-electron chi connectivity index (χ3n) is 3.51. The molecule has 0 atom stereocenters. The SMILES string of the molecule is COC(=O)CSc1nnc(NC(=O)CN(c2cc(C)ccc2C)S(C)(=O)=O)s1. The van der Waals surface area contributed by atoms with E-state index in [1.165, 1.54) is 7.11 Å². The number of methoxy groups -OCH3 is 1. The van der Waals surface area contributed by atoms with Gasteiger partial charge in [0.25, 0.3) is 0 Å². The molecular weight excluding hydrogens is 424 g/mol. The minimum atomic E-state index is -3.68. The average Bonchev–Trinajstić information content (AvgIpc) is 3.06. The molecule has 0 saturated heterocycles. The first-order chi connectivity index (χ1) is 13.1. The highest BCUT2D eigenvalue weighted by Gasteiger charge is 2.23. The van der Waals surface area contributed by atoms with E-state index in [4.69, 9.17) is 0 Å². The molecule has 0 unspecified atom stereocenters. The number of hydrogen-bond acceptors (Lipinski definition) is 9. The Morgan fingerprint density at radius 1 is 1.29 bits per heavy atom. The number of esters is 1. The van der Waals surface area contributed by atoms with Gasteiger partial charge in [-0.2, -0.15) is 0 Å². The number of hydrogen-bond donors (Lipinski definition) is 1. The van der Waals surface area contributed by atoms with Crippen molar-refractivity contribution in [3.63, 3.8) is 0 Å². The summed E-state index contributed by atoms with van der Waals surface area (Å²) in [6, 6.07) is 5.39. The van der Waals surface area contributed by atoms with Crippen molar-refractivity contribution in [2.24, 2.45) is 0 Å². The third-order valence-corrected chi connectivity index (χ3v) is 6.59. The maximum absolute atomic E-state index is 12.4. The summed E-state index contributed by atoms with van der Waals surface area (Å²) in [5.41, 5.74) is 2.07. The smallest absolute Gasteiger partial charge is 0.316 e. The summed E-state index contributed by atoms with van der Waals surface area (Å²) in [6.45, 7) is 3.23. The summed E-state index contributed by atoms with van der Waals surface area (Å²) in [7, 11) is -2.39. The Bertz CT molecular complexity index is 974. The van der Waals surface area contributed by atoms with Crippen LogP contribution in [0.3, 0.4) is 0 Å². The van der Waals surface area contributed by atoms with E-state index in [1.54, 1.807) is 19.1 Å². The van der Waals surface area contributed by atoms with Crippen LogP contribution >= 0.6 is 23.1 Å². The maximum Gasteiger partial charge on any atom is 0.316 e. The van der Waals surface area contributed by atoms with E-state index in [0.717, 1.165) is 44.8 Å². The summed E-state index contributed by atoms with van der Waals surface area (Å²) in [5, 5.41) is 10.4. The lowest BCUT2D eigenvalue weighted by Crippen LogP contribution is -2.37. The Balaban J connectivity index is 2.10. The largest absolute Gasteiger partial charge is 0.468 e. The number of sulfonamides is 1. The molecule has 1 aromatic carbocycles. The first-order valence-electron chi connectivity index (χ1n) is 7.98. The van der Waals surface area contributed by atoms with Gasteiger partial charge in [0, 0.05) is 0 Å². The molecule has 0 bridgehead atoms. The monoisotopic (exact) mass is 444 g/mol. The summed E-state index contributed by atoms with van der Waals surface area (Å²) in [4.78, 5) is 23.6. The minimum absolute atomic E-state index is 0.0770. The van der Waals surface area contributed by atoms with Crippen molar-refractivity contribution < 1.29 is 22.7 Å². The van der Waals surface area contributed by atoms with Gasteiger partial charge >= 0.3 is 5.97 Å². The van der Waals surface area contributed by atoms with Gasteiger partial charge in [-0.15, -0.1) is 10.2 Å². The second-order valence-electron chi connectivity index (χ2n) is 5.85. The molecule has 1 heterocycles. The number of aromatic nitrogens is 2. The standard InChI is InChI=1S/C16H20N4O5S3/c1-10-5-6-11(2)12(7-10)20(28(4,23)24)8-13(21)17-15-18-19-16(27-15)26-9-14(22)25-3/h5-7H,8-9H2,1-4H3,(H,17,18,21). The Morgan fingerprint density at radius 3 is 2.64 bits per heavy atom. The summed E-state index contributed by atoms with van der Waals surface area (Å²) in [6.07, 6.45) is 1.05. The average molecular weight is 445 g/mol. The third kappa shape index (κ3) is 6.17. The van der Waals surface area contributed by atoms with E-state index in [0.29, 0.717) is 10.0 Å². The van der Waals surface area contributed by atoms with Gasteiger partial charge in [0.1, 0.15) is 6.54 Å². The predicted octanol–water partition coefficient (Wildman–Crippen LogP) is 1.82. The Kier molecular flexibility index (Phi) is 7.38. The number of rotatable bonds is 8. The van der Waals surface area contributed by atoms with Gasteiger partial charge in [-0.3, -0.25) is 19.2 Å². The molecule has 2 aromatic rings. The van der Waals surface area contributed by atoms with Crippen molar-refractivity contribution in [3.8, 4) is 0 Å². The topological polar surface area (TPSA) is 119 Å². The molecule has 28 heavy (non-hydrogen) atoms.